The predicted molar refractivity (Wildman–Crippen MR) is 141 cm³/mol. The second kappa shape index (κ2) is 13.1. The molecule has 180 valence electrons. The second-order valence-electron chi connectivity index (χ2n) is 8.27. The summed E-state index contributed by atoms with van der Waals surface area (Å²) < 4.78 is 25.5. The first-order chi connectivity index (χ1) is 15.7. The van der Waals surface area contributed by atoms with Gasteiger partial charge >= 0.3 is 0 Å². The van der Waals surface area contributed by atoms with E-state index in [4.69, 9.17) is 9.47 Å². The van der Waals surface area contributed by atoms with Gasteiger partial charge in [-0.2, -0.15) is 0 Å². The number of para-hydroxylation sites is 1. The summed E-state index contributed by atoms with van der Waals surface area (Å²) >= 11 is 0. The Morgan fingerprint density at radius 2 is 1.70 bits per heavy atom. The van der Waals surface area contributed by atoms with Gasteiger partial charge in [-0.25, -0.2) is 4.39 Å². The Labute approximate surface area is 213 Å². The third-order valence-electron chi connectivity index (χ3n) is 6.11. The van der Waals surface area contributed by atoms with E-state index in [9.17, 15) is 4.39 Å². The summed E-state index contributed by atoms with van der Waals surface area (Å²) in [7, 11) is 1.81. The molecule has 8 heteroatoms. The van der Waals surface area contributed by atoms with Crippen LogP contribution in [0.15, 0.2) is 53.5 Å². The number of piperazine rings is 1. The van der Waals surface area contributed by atoms with E-state index in [0.29, 0.717) is 24.9 Å². The van der Waals surface area contributed by atoms with Crippen molar-refractivity contribution in [1.29, 1.82) is 0 Å². The smallest absolute Gasteiger partial charge is 0.194 e. The molecule has 0 atom stereocenters. The molecule has 0 aromatic heterocycles. The van der Waals surface area contributed by atoms with E-state index < -0.39 is 0 Å². The van der Waals surface area contributed by atoms with Gasteiger partial charge in [0.15, 0.2) is 5.96 Å². The molecule has 0 amide bonds. The van der Waals surface area contributed by atoms with Crippen LogP contribution in [0.25, 0.3) is 0 Å². The maximum atomic E-state index is 14.1. The molecule has 2 aromatic rings. The molecule has 33 heavy (non-hydrogen) atoms. The van der Waals surface area contributed by atoms with E-state index in [1.54, 1.807) is 6.07 Å². The molecule has 2 aromatic carbocycles. The molecule has 0 bridgehead atoms. The highest BCUT2D eigenvalue weighted by atomic mass is 127. The summed E-state index contributed by atoms with van der Waals surface area (Å²) in [6, 6.07) is 15.5. The maximum Gasteiger partial charge on any atom is 0.194 e. The Morgan fingerprint density at radius 3 is 2.36 bits per heavy atom. The lowest BCUT2D eigenvalue weighted by atomic mass is 10.1. The molecule has 0 aliphatic carbocycles. The quantitative estimate of drug-likeness (QED) is 0.324. The van der Waals surface area contributed by atoms with Gasteiger partial charge in [0.05, 0.1) is 18.4 Å². The summed E-state index contributed by atoms with van der Waals surface area (Å²) in [6.07, 6.45) is 2.28. The van der Waals surface area contributed by atoms with Crippen molar-refractivity contribution in [3.05, 3.63) is 65.5 Å². The van der Waals surface area contributed by atoms with Gasteiger partial charge in [0.1, 0.15) is 5.82 Å². The van der Waals surface area contributed by atoms with Crippen LogP contribution in [0, 0.1) is 5.82 Å². The van der Waals surface area contributed by atoms with Gasteiger partial charge in [-0.15, -0.1) is 24.0 Å². The number of nitrogens with one attached hydrogen (secondary N) is 1. The third-order valence-corrected chi connectivity index (χ3v) is 6.11. The first-order valence-corrected chi connectivity index (χ1v) is 11.4. The highest BCUT2D eigenvalue weighted by Crippen LogP contribution is 2.20. The maximum absolute atomic E-state index is 14.1. The first kappa shape index (κ1) is 25.7. The Morgan fingerprint density at radius 1 is 1.03 bits per heavy atom. The molecule has 2 fully saturated rings. The number of hydrogen-bond donors (Lipinski definition) is 1. The monoisotopic (exact) mass is 568 g/mol. The van der Waals surface area contributed by atoms with E-state index in [-0.39, 0.29) is 29.8 Å². The molecular weight excluding hydrogens is 534 g/mol. The zero-order valence-electron chi connectivity index (χ0n) is 19.2. The minimum absolute atomic E-state index is 0. The van der Waals surface area contributed by atoms with Crippen LogP contribution in [0.3, 0.4) is 0 Å². The largest absolute Gasteiger partial charge is 0.381 e. The number of rotatable bonds is 6. The van der Waals surface area contributed by atoms with Crippen molar-refractivity contribution in [1.82, 2.24) is 10.2 Å². The molecule has 1 N–H and O–H groups in total. The fourth-order valence-corrected chi connectivity index (χ4v) is 4.19. The van der Waals surface area contributed by atoms with E-state index >= 15 is 0 Å². The van der Waals surface area contributed by atoms with Gasteiger partial charge in [-0.3, -0.25) is 4.99 Å². The lowest BCUT2D eigenvalue weighted by Crippen LogP contribution is -2.52. The topological polar surface area (TPSA) is 49.3 Å². The number of nitrogens with zero attached hydrogens (tertiary/aromatic N) is 3. The first-order valence-electron chi connectivity index (χ1n) is 11.4. The number of hydrogen-bond acceptors (Lipinski definition) is 4. The van der Waals surface area contributed by atoms with Crippen molar-refractivity contribution >= 4 is 35.6 Å². The molecule has 0 saturated carbocycles. The Kier molecular flexibility index (Phi) is 10.2. The molecule has 4 rings (SSSR count). The molecule has 6 nitrogen and oxygen atoms in total. The van der Waals surface area contributed by atoms with E-state index in [2.05, 4.69) is 44.4 Å². The summed E-state index contributed by atoms with van der Waals surface area (Å²) in [5.41, 5.74) is 3.07. The van der Waals surface area contributed by atoms with Crippen molar-refractivity contribution in [3.8, 4) is 0 Å². The zero-order chi connectivity index (χ0) is 22.2. The van der Waals surface area contributed by atoms with Crippen LogP contribution in [0.1, 0.15) is 24.0 Å². The Balaban J connectivity index is 0.00000306. The van der Waals surface area contributed by atoms with Gasteiger partial charge in [-0.1, -0.05) is 36.4 Å². The summed E-state index contributed by atoms with van der Waals surface area (Å²) in [5, 5.41) is 3.46. The van der Waals surface area contributed by atoms with Crippen molar-refractivity contribution in [2.75, 3.05) is 51.3 Å². The zero-order valence-corrected chi connectivity index (χ0v) is 21.5. The van der Waals surface area contributed by atoms with Crippen molar-refractivity contribution in [3.63, 3.8) is 0 Å². The lowest BCUT2D eigenvalue weighted by Gasteiger charge is -2.37. The van der Waals surface area contributed by atoms with Gasteiger partial charge in [-0.05, 0) is 36.1 Å². The highest BCUT2D eigenvalue weighted by Gasteiger charge is 2.21. The fourth-order valence-electron chi connectivity index (χ4n) is 4.19. The molecule has 2 saturated heterocycles. The molecule has 2 aliphatic rings. The summed E-state index contributed by atoms with van der Waals surface area (Å²) in [6.45, 7) is 6.09. The summed E-state index contributed by atoms with van der Waals surface area (Å²) in [4.78, 5) is 8.78. The van der Waals surface area contributed by atoms with Crippen LogP contribution in [-0.4, -0.2) is 63.4 Å². The van der Waals surface area contributed by atoms with Gasteiger partial charge in [0.25, 0.3) is 0 Å². The standard InChI is InChI=1S/C25H33FN4O2.HI/c1-27-25(30-14-12-29(13-15-30)24-5-3-2-4-23(24)26)28-18-20-6-8-21(9-7-20)19-32-22-10-16-31-17-11-22;/h2-9,22H,10-19H2,1H3,(H,27,28);1H. The molecule has 0 spiro atoms. The number of aliphatic imine (C=N–C) groups is 1. The minimum Gasteiger partial charge on any atom is -0.381 e. The second-order valence-corrected chi connectivity index (χ2v) is 8.27. The molecule has 2 aliphatic heterocycles. The van der Waals surface area contributed by atoms with Crippen LogP contribution in [0.2, 0.25) is 0 Å². The van der Waals surface area contributed by atoms with Gasteiger partial charge in [0.2, 0.25) is 0 Å². The average Bonchev–Trinajstić information content (AvgIpc) is 2.85. The van der Waals surface area contributed by atoms with Crippen LogP contribution < -0.4 is 10.2 Å². The Hall–Kier alpha value is -1.91. The van der Waals surface area contributed by atoms with Crippen molar-refractivity contribution < 1.29 is 13.9 Å². The lowest BCUT2D eigenvalue weighted by molar-refractivity contribution is -0.0390. The molecule has 0 unspecified atom stereocenters. The normalized spacial score (nSPS) is 17.6. The third kappa shape index (κ3) is 7.28. The average molecular weight is 568 g/mol. The predicted octanol–water partition coefficient (Wildman–Crippen LogP) is 4.04. The number of ether oxygens (including phenoxy) is 2. The van der Waals surface area contributed by atoms with Crippen LogP contribution in [0.4, 0.5) is 10.1 Å². The van der Waals surface area contributed by atoms with Gasteiger partial charge in [0, 0.05) is 53.0 Å². The van der Waals surface area contributed by atoms with Crippen LogP contribution in [-0.2, 0) is 22.6 Å². The fraction of sp³-hybridized carbons (Fsp3) is 0.480. The Bertz CT molecular complexity index is 882. The number of halogens is 2. The number of benzene rings is 2. The number of guanidine groups is 1. The van der Waals surface area contributed by atoms with Crippen molar-refractivity contribution in [2.24, 2.45) is 4.99 Å². The van der Waals surface area contributed by atoms with Crippen LogP contribution in [0.5, 0.6) is 0 Å². The van der Waals surface area contributed by atoms with E-state index in [1.807, 2.05) is 19.2 Å². The summed E-state index contributed by atoms with van der Waals surface area (Å²) in [5.74, 6) is 0.718. The highest BCUT2D eigenvalue weighted by molar-refractivity contribution is 14.0. The molecule has 2 heterocycles. The SMILES string of the molecule is CN=C(NCc1ccc(COC2CCOCC2)cc1)N1CCN(c2ccccc2F)CC1.I. The molecular formula is C25H34FIN4O2. The number of anilines is 1. The minimum atomic E-state index is -0.162. The van der Waals surface area contributed by atoms with Gasteiger partial charge < -0.3 is 24.6 Å². The van der Waals surface area contributed by atoms with E-state index in [1.165, 1.54) is 17.2 Å². The van der Waals surface area contributed by atoms with Crippen molar-refractivity contribution in [2.45, 2.75) is 32.1 Å². The van der Waals surface area contributed by atoms with Crippen LogP contribution >= 0.6 is 24.0 Å². The van der Waals surface area contributed by atoms with E-state index in [0.717, 1.165) is 58.2 Å². The molecule has 0 radical (unpaired) electrons.